The Hall–Kier alpha value is -2.69. The number of amides is 4. The molecule has 0 saturated heterocycles. The minimum atomic E-state index is -1.13. The highest BCUT2D eigenvalue weighted by Gasteiger charge is 2.37. The van der Waals surface area contributed by atoms with E-state index < -0.39 is 53.9 Å². The quantitative estimate of drug-likeness (QED) is 0.153. The second kappa shape index (κ2) is 18.8. The van der Waals surface area contributed by atoms with Crippen molar-refractivity contribution >= 4 is 29.6 Å². The fourth-order valence-electron chi connectivity index (χ4n) is 4.79. The van der Waals surface area contributed by atoms with E-state index in [0.717, 1.165) is 0 Å². The summed E-state index contributed by atoms with van der Waals surface area (Å²) in [6.07, 6.45) is 1.56. The summed E-state index contributed by atoms with van der Waals surface area (Å²) in [5, 5.41) is 21.0. The number of hydrogen-bond donors (Lipinski definition) is 5. The molecule has 42 heavy (non-hydrogen) atoms. The Morgan fingerprint density at radius 3 is 1.40 bits per heavy atom. The number of nitrogens with one attached hydrogen (secondary N) is 4. The van der Waals surface area contributed by atoms with Gasteiger partial charge in [0, 0.05) is 7.05 Å². The summed E-state index contributed by atoms with van der Waals surface area (Å²) in [6.45, 7) is 19.1. The van der Waals surface area contributed by atoms with Crippen molar-refractivity contribution in [3.8, 4) is 0 Å². The van der Waals surface area contributed by atoms with Crippen LogP contribution in [-0.4, -0.2) is 83.9 Å². The van der Waals surface area contributed by atoms with Crippen LogP contribution < -0.4 is 21.3 Å². The van der Waals surface area contributed by atoms with Crippen molar-refractivity contribution in [3.63, 3.8) is 0 Å². The minimum absolute atomic E-state index is 0.0352. The van der Waals surface area contributed by atoms with Crippen molar-refractivity contribution in [1.82, 2.24) is 26.2 Å². The smallest absolute Gasteiger partial charge is 0.326 e. The van der Waals surface area contributed by atoms with E-state index in [-0.39, 0.29) is 41.9 Å². The Balaban J connectivity index is 6.03. The molecule has 0 aromatic carbocycles. The van der Waals surface area contributed by atoms with Crippen molar-refractivity contribution in [2.24, 2.45) is 29.6 Å². The predicted octanol–water partition coefficient (Wildman–Crippen LogP) is 2.78. The summed E-state index contributed by atoms with van der Waals surface area (Å²) in [5.74, 6) is -2.75. The highest BCUT2D eigenvalue weighted by atomic mass is 16.4. The molecule has 0 fully saturated rings. The standard InChI is InChI=1S/C31H59N5O6/c1-17(2)13-22(32-11)27(37)33-23(14-18(3)4)28(38)35-26(21(9)10)30(40)36(12)25(16-20(7)8)29(39)34-24(31(41)42)15-19(5)6/h17-26,32H,13-16H2,1-12H3,(H,33,37)(H,34,39)(H,35,38)(H,41,42)/t22-,23-,24-,25-,26+/m0/s1. The van der Waals surface area contributed by atoms with E-state index in [1.165, 1.54) is 11.9 Å². The van der Waals surface area contributed by atoms with Crippen LogP contribution in [0.25, 0.3) is 0 Å². The zero-order valence-corrected chi connectivity index (χ0v) is 28.0. The van der Waals surface area contributed by atoms with Gasteiger partial charge in [0.2, 0.25) is 23.6 Å². The SMILES string of the molecule is CN[C@@H](CC(C)C)C(=O)N[C@@H](CC(C)C)C(=O)N[C@@H](C(=O)N(C)[C@@H](CC(C)C)C(=O)N[C@@H](CC(C)C)C(=O)O)C(C)C. The Morgan fingerprint density at radius 1 is 0.595 bits per heavy atom. The van der Waals surface area contributed by atoms with Gasteiger partial charge in [-0.15, -0.1) is 0 Å². The molecular formula is C31H59N5O6. The molecular weight excluding hydrogens is 538 g/mol. The normalized spacial score (nSPS) is 15.4. The Bertz CT molecular complexity index is 889. The maximum Gasteiger partial charge on any atom is 0.326 e. The summed E-state index contributed by atoms with van der Waals surface area (Å²) < 4.78 is 0. The lowest BCUT2D eigenvalue weighted by molar-refractivity contribution is -0.146. The van der Waals surface area contributed by atoms with Gasteiger partial charge in [-0.1, -0.05) is 69.2 Å². The van der Waals surface area contributed by atoms with Crippen LogP contribution in [0, 0.1) is 29.6 Å². The fraction of sp³-hybridized carbons (Fsp3) is 0.839. The minimum Gasteiger partial charge on any atom is -0.480 e. The molecule has 244 valence electrons. The third-order valence-electron chi connectivity index (χ3n) is 7.08. The zero-order valence-electron chi connectivity index (χ0n) is 28.0. The third-order valence-corrected chi connectivity index (χ3v) is 7.08. The van der Waals surface area contributed by atoms with Crippen LogP contribution in [-0.2, 0) is 24.0 Å². The predicted molar refractivity (Wildman–Crippen MR) is 165 cm³/mol. The summed E-state index contributed by atoms with van der Waals surface area (Å²) in [4.78, 5) is 66.8. The van der Waals surface area contributed by atoms with Crippen LogP contribution in [0.2, 0.25) is 0 Å². The van der Waals surface area contributed by atoms with Crippen molar-refractivity contribution < 1.29 is 29.1 Å². The van der Waals surface area contributed by atoms with Crippen LogP contribution in [0.3, 0.4) is 0 Å². The fourth-order valence-corrected chi connectivity index (χ4v) is 4.79. The Morgan fingerprint density at radius 2 is 1.00 bits per heavy atom. The lowest BCUT2D eigenvalue weighted by atomic mass is 9.96. The van der Waals surface area contributed by atoms with Crippen LogP contribution in [0.1, 0.15) is 94.9 Å². The van der Waals surface area contributed by atoms with E-state index in [9.17, 15) is 29.1 Å². The number of nitrogens with zero attached hydrogens (tertiary/aromatic N) is 1. The molecule has 0 aliphatic rings. The van der Waals surface area contributed by atoms with Crippen molar-refractivity contribution in [1.29, 1.82) is 0 Å². The second-order valence-corrected chi connectivity index (χ2v) is 13.5. The van der Waals surface area contributed by atoms with E-state index in [4.69, 9.17) is 0 Å². The number of likely N-dealkylation sites (N-methyl/N-ethyl adjacent to an activating group) is 2. The number of rotatable bonds is 19. The highest BCUT2D eigenvalue weighted by molar-refractivity contribution is 5.95. The zero-order chi connectivity index (χ0) is 32.9. The number of aliphatic carboxylic acids is 1. The van der Waals surface area contributed by atoms with Gasteiger partial charge in [-0.3, -0.25) is 19.2 Å². The second-order valence-electron chi connectivity index (χ2n) is 13.5. The summed E-state index contributed by atoms with van der Waals surface area (Å²) in [7, 11) is 3.21. The first-order chi connectivity index (χ1) is 19.3. The number of carboxylic acid groups (broad SMARTS) is 1. The molecule has 0 heterocycles. The maximum atomic E-state index is 13.8. The van der Waals surface area contributed by atoms with Crippen LogP contribution >= 0.6 is 0 Å². The average Bonchev–Trinajstić information content (AvgIpc) is 2.85. The summed E-state index contributed by atoms with van der Waals surface area (Å²) >= 11 is 0. The molecule has 5 atom stereocenters. The van der Waals surface area contributed by atoms with Gasteiger partial charge in [-0.2, -0.15) is 0 Å². The van der Waals surface area contributed by atoms with Gasteiger partial charge in [0.1, 0.15) is 24.2 Å². The summed E-state index contributed by atoms with van der Waals surface area (Å²) in [5.41, 5.74) is 0. The third kappa shape index (κ3) is 14.0. The molecule has 11 heteroatoms. The van der Waals surface area contributed by atoms with Gasteiger partial charge in [0.15, 0.2) is 0 Å². The highest BCUT2D eigenvalue weighted by Crippen LogP contribution is 2.17. The molecule has 0 saturated carbocycles. The number of carboxylic acids is 1. The summed E-state index contributed by atoms with van der Waals surface area (Å²) in [6, 6.07) is -4.26. The first kappa shape index (κ1) is 39.3. The van der Waals surface area contributed by atoms with Crippen LogP contribution in [0.5, 0.6) is 0 Å². The monoisotopic (exact) mass is 597 g/mol. The van der Waals surface area contributed by atoms with Crippen LogP contribution in [0.15, 0.2) is 0 Å². The van der Waals surface area contributed by atoms with Gasteiger partial charge in [0.25, 0.3) is 0 Å². The first-order valence-electron chi connectivity index (χ1n) is 15.4. The maximum absolute atomic E-state index is 13.8. The molecule has 0 aromatic rings. The van der Waals surface area contributed by atoms with Gasteiger partial charge >= 0.3 is 5.97 Å². The van der Waals surface area contributed by atoms with Crippen molar-refractivity contribution in [3.05, 3.63) is 0 Å². The lowest BCUT2D eigenvalue weighted by Gasteiger charge is -2.34. The number of carbonyl (C=O) groups excluding carboxylic acids is 4. The van der Waals surface area contributed by atoms with Crippen molar-refractivity contribution in [2.75, 3.05) is 14.1 Å². The molecule has 0 bridgehead atoms. The molecule has 0 aromatic heterocycles. The van der Waals surface area contributed by atoms with Gasteiger partial charge in [-0.25, -0.2) is 4.79 Å². The van der Waals surface area contributed by atoms with Gasteiger partial charge in [-0.05, 0) is 62.3 Å². The van der Waals surface area contributed by atoms with E-state index in [2.05, 4.69) is 21.3 Å². The van der Waals surface area contributed by atoms with Gasteiger partial charge in [0.05, 0.1) is 6.04 Å². The average molecular weight is 598 g/mol. The van der Waals surface area contributed by atoms with E-state index in [0.29, 0.717) is 19.3 Å². The molecule has 0 rings (SSSR count). The molecule has 5 N–H and O–H groups in total. The number of hydrogen-bond acceptors (Lipinski definition) is 6. The molecule has 11 nitrogen and oxygen atoms in total. The first-order valence-corrected chi connectivity index (χ1v) is 15.4. The lowest BCUT2D eigenvalue weighted by Crippen LogP contribution is -2.60. The molecule has 0 unspecified atom stereocenters. The molecule has 0 spiro atoms. The van der Waals surface area contributed by atoms with E-state index >= 15 is 0 Å². The largest absolute Gasteiger partial charge is 0.480 e. The van der Waals surface area contributed by atoms with Gasteiger partial charge < -0.3 is 31.3 Å². The molecule has 0 aliphatic heterocycles. The van der Waals surface area contributed by atoms with Crippen molar-refractivity contribution in [2.45, 2.75) is 125 Å². The molecule has 0 aliphatic carbocycles. The molecule has 0 radical (unpaired) electrons. The number of carbonyl (C=O) groups is 5. The topological polar surface area (TPSA) is 157 Å². The Kier molecular flexibility index (Phi) is 17.6. The Labute approximate surface area is 253 Å². The van der Waals surface area contributed by atoms with Crippen LogP contribution in [0.4, 0.5) is 0 Å². The van der Waals surface area contributed by atoms with E-state index in [1.807, 2.05) is 55.4 Å². The molecule has 4 amide bonds. The van der Waals surface area contributed by atoms with E-state index in [1.54, 1.807) is 20.9 Å².